The molecule has 1 aliphatic rings. The van der Waals surface area contributed by atoms with Gasteiger partial charge in [-0.1, -0.05) is 27.7 Å². The summed E-state index contributed by atoms with van der Waals surface area (Å²) in [5.74, 6) is 0. The Hall–Kier alpha value is -0.450. The molecule has 0 aliphatic heterocycles. The summed E-state index contributed by atoms with van der Waals surface area (Å²) < 4.78 is 6.07. The summed E-state index contributed by atoms with van der Waals surface area (Å²) in [6.45, 7) is 10.7. The van der Waals surface area contributed by atoms with E-state index < -0.39 is 0 Å². The number of hydrogen-bond acceptors (Lipinski definition) is 4. The second-order valence-corrected chi connectivity index (χ2v) is 8.06. The van der Waals surface area contributed by atoms with Crippen molar-refractivity contribution in [2.45, 2.75) is 84.0 Å². The monoisotopic (exact) mass is 310 g/mol. The van der Waals surface area contributed by atoms with Crippen LogP contribution in [0.4, 0.5) is 0 Å². The van der Waals surface area contributed by atoms with Crippen molar-refractivity contribution in [2.75, 3.05) is 6.54 Å². The van der Waals surface area contributed by atoms with E-state index in [9.17, 15) is 0 Å². The van der Waals surface area contributed by atoms with E-state index in [1.165, 1.54) is 37.8 Å². The molecule has 1 aliphatic carbocycles. The standard InChI is InChI=1S/C17H30N2OS/c1-5-10-18-13-6-8-14(9-7-13)20-11-16-19-15(12-21-16)17(2,3)4/h12-14,18H,5-11H2,1-4H3. The second-order valence-electron chi connectivity index (χ2n) is 7.12. The maximum absolute atomic E-state index is 6.07. The molecule has 0 spiro atoms. The topological polar surface area (TPSA) is 34.1 Å². The van der Waals surface area contributed by atoms with E-state index in [0.717, 1.165) is 11.6 Å². The summed E-state index contributed by atoms with van der Waals surface area (Å²) in [5, 5.41) is 6.91. The number of thiazole rings is 1. The summed E-state index contributed by atoms with van der Waals surface area (Å²) in [6, 6.07) is 0.706. The lowest BCUT2D eigenvalue weighted by atomic mass is 9.93. The zero-order valence-corrected chi connectivity index (χ0v) is 14.8. The third-order valence-corrected chi connectivity index (χ3v) is 4.94. The van der Waals surface area contributed by atoms with Crippen LogP contribution in [0.5, 0.6) is 0 Å². The van der Waals surface area contributed by atoms with Gasteiger partial charge in [0.2, 0.25) is 0 Å². The number of aromatic nitrogens is 1. The van der Waals surface area contributed by atoms with E-state index in [2.05, 4.69) is 38.4 Å². The lowest BCUT2D eigenvalue weighted by Gasteiger charge is -2.29. The summed E-state index contributed by atoms with van der Waals surface area (Å²) in [7, 11) is 0. The highest BCUT2D eigenvalue weighted by molar-refractivity contribution is 7.09. The molecule has 0 bridgehead atoms. The van der Waals surface area contributed by atoms with Gasteiger partial charge in [0.1, 0.15) is 5.01 Å². The molecule has 1 heterocycles. The molecule has 0 amide bonds. The largest absolute Gasteiger partial charge is 0.371 e. The van der Waals surface area contributed by atoms with Crippen LogP contribution in [-0.4, -0.2) is 23.7 Å². The van der Waals surface area contributed by atoms with Crippen LogP contribution in [0.1, 0.15) is 70.5 Å². The van der Waals surface area contributed by atoms with Gasteiger partial charge in [-0.05, 0) is 38.6 Å². The van der Waals surface area contributed by atoms with Crippen LogP contribution in [0, 0.1) is 0 Å². The molecule has 1 N–H and O–H groups in total. The third kappa shape index (κ3) is 5.35. The van der Waals surface area contributed by atoms with E-state index in [1.54, 1.807) is 11.3 Å². The normalized spacial score (nSPS) is 23.4. The minimum Gasteiger partial charge on any atom is -0.371 e. The van der Waals surface area contributed by atoms with Crippen molar-refractivity contribution >= 4 is 11.3 Å². The highest BCUT2D eigenvalue weighted by Crippen LogP contribution is 2.26. The maximum Gasteiger partial charge on any atom is 0.119 e. The van der Waals surface area contributed by atoms with Gasteiger partial charge >= 0.3 is 0 Å². The van der Waals surface area contributed by atoms with Crippen molar-refractivity contribution in [3.8, 4) is 0 Å². The van der Waals surface area contributed by atoms with E-state index >= 15 is 0 Å². The quantitative estimate of drug-likeness (QED) is 0.852. The highest BCUT2D eigenvalue weighted by Gasteiger charge is 2.22. The Morgan fingerprint density at radius 3 is 2.57 bits per heavy atom. The zero-order chi connectivity index (χ0) is 15.3. The molecular formula is C17H30N2OS. The lowest BCUT2D eigenvalue weighted by molar-refractivity contribution is 0.0112. The van der Waals surface area contributed by atoms with Gasteiger partial charge in [0.15, 0.2) is 0 Å². The first-order valence-electron chi connectivity index (χ1n) is 8.29. The van der Waals surface area contributed by atoms with Gasteiger partial charge < -0.3 is 10.1 Å². The SMILES string of the molecule is CCCNC1CCC(OCc2nc(C(C)(C)C)cs2)CC1. The van der Waals surface area contributed by atoms with Crippen molar-refractivity contribution in [3.05, 3.63) is 16.1 Å². The Morgan fingerprint density at radius 2 is 2.00 bits per heavy atom. The zero-order valence-electron chi connectivity index (χ0n) is 13.9. The molecule has 3 nitrogen and oxygen atoms in total. The number of hydrogen-bond donors (Lipinski definition) is 1. The van der Waals surface area contributed by atoms with Crippen LogP contribution >= 0.6 is 11.3 Å². The molecule has 0 unspecified atom stereocenters. The van der Waals surface area contributed by atoms with Crippen LogP contribution in [0.25, 0.3) is 0 Å². The summed E-state index contributed by atoms with van der Waals surface area (Å²) >= 11 is 1.73. The first-order chi connectivity index (χ1) is 9.99. The van der Waals surface area contributed by atoms with E-state index in [-0.39, 0.29) is 5.41 Å². The van der Waals surface area contributed by atoms with Crippen molar-refractivity contribution in [1.29, 1.82) is 0 Å². The predicted molar refractivity (Wildman–Crippen MR) is 89.9 cm³/mol. The Kier molecular flexibility index (Phi) is 6.20. The van der Waals surface area contributed by atoms with Gasteiger partial charge in [-0.15, -0.1) is 11.3 Å². The van der Waals surface area contributed by atoms with Crippen LogP contribution in [-0.2, 0) is 16.8 Å². The molecule has 120 valence electrons. The maximum atomic E-state index is 6.07. The minimum atomic E-state index is 0.137. The molecule has 0 atom stereocenters. The van der Waals surface area contributed by atoms with E-state index in [0.29, 0.717) is 18.8 Å². The molecule has 1 aromatic heterocycles. The number of nitrogens with zero attached hydrogens (tertiary/aromatic N) is 1. The predicted octanol–water partition coefficient (Wildman–Crippen LogP) is 4.27. The Balaban J connectivity index is 1.71. The van der Waals surface area contributed by atoms with E-state index in [4.69, 9.17) is 9.72 Å². The highest BCUT2D eigenvalue weighted by atomic mass is 32.1. The average molecular weight is 311 g/mol. The number of nitrogens with one attached hydrogen (secondary N) is 1. The number of rotatable bonds is 6. The Morgan fingerprint density at radius 1 is 1.29 bits per heavy atom. The summed E-state index contributed by atoms with van der Waals surface area (Å²) in [4.78, 5) is 4.70. The molecule has 2 rings (SSSR count). The van der Waals surface area contributed by atoms with Crippen LogP contribution in [0.15, 0.2) is 5.38 Å². The molecule has 1 aromatic rings. The summed E-state index contributed by atoms with van der Waals surface area (Å²) in [5.41, 5.74) is 1.32. The Labute approximate surface area is 133 Å². The van der Waals surface area contributed by atoms with E-state index in [1.807, 2.05) is 0 Å². The first kappa shape index (κ1) is 16.9. The van der Waals surface area contributed by atoms with Gasteiger partial charge in [0.25, 0.3) is 0 Å². The van der Waals surface area contributed by atoms with Crippen molar-refractivity contribution in [2.24, 2.45) is 0 Å². The number of ether oxygens (including phenoxy) is 1. The van der Waals surface area contributed by atoms with Gasteiger partial charge in [-0.25, -0.2) is 4.98 Å². The van der Waals surface area contributed by atoms with Gasteiger partial charge in [0, 0.05) is 16.8 Å². The molecule has 0 radical (unpaired) electrons. The molecular weight excluding hydrogens is 280 g/mol. The molecule has 1 fully saturated rings. The summed E-state index contributed by atoms with van der Waals surface area (Å²) in [6.07, 6.45) is 6.49. The average Bonchev–Trinajstić information content (AvgIpc) is 2.93. The third-order valence-electron chi connectivity index (χ3n) is 4.12. The van der Waals surface area contributed by atoms with Crippen LogP contribution in [0.3, 0.4) is 0 Å². The Bertz CT molecular complexity index is 417. The molecule has 4 heteroatoms. The fourth-order valence-electron chi connectivity index (χ4n) is 2.69. The van der Waals surface area contributed by atoms with Crippen molar-refractivity contribution in [3.63, 3.8) is 0 Å². The minimum absolute atomic E-state index is 0.137. The van der Waals surface area contributed by atoms with Crippen molar-refractivity contribution in [1.82, 2.24) is 10.3 Å². The van der Waals surface area contributed by atoms with Gasteiger partial charge in [0.05, 0.1) is 18.4 Å². The molecule has 1 saturated carbocycles. The van der Waals surface area contributed by atoms with Gasteiger partial charge in [-0.2, -0.15) is 0 Å². The van der Waals surface area contributed by atoms with Gasteiger partial charge in [-0.3, -0.25) is 0 Å². The van der Waals surface area contributed by atoms with Crippen LogP contribution < -0.4 is 5.32 Å². The lowest BCUT2D eigenvalue weighted by Crippen LogP contribution is -2.35. The fraction of sp³-hybridized carbons (Fsp3) is 0.824. The fourth-order valence-corrected chi connectivity index (χ4v) is 3.63. The van der Waals surface area contributed by atoms with Crippen LogP contribution in [0.2, 0.25) is 0 Å². The molecule has 21 heavy (non-hydrogen) atoms. The molecule has 0 aromatic carbocycles. The smallest absolute Gasteiger partial charge is 0.119 e. The van der Waals surface area contributed by atoms with Crippen molar-refractivity contribution < 1.29 is 4.74 Å². The second kappa shape index (κ2) is 7.70. The first-order valence-corrected chi connectivity index (χ1v) is 9.17. The molecule has 0 saturated heterocycles.